The summed E-state index contributed by atoms with van der Waals surface area (Å²) in [6.45, 7) is 2.44. The van der Waals surface area contributed by atoms with Gasteiger partial charge in [-0.1, -0.05) is 6.92 Å². The predicted molar refractivity (Wildman–Crippen MR) is 75.8 cm³/mol. The minimum absolute atomic E-state index is 0.00626. The Balaban J connectivity index is 1.79. The third-order valence-corrected chi connectivity index (χ3v) is 5.36. The number of carbonyl (C=O) groups is 2. The highest BCUT2D eigenvalue weighted by atomic mass is 16.4. The molecule has 6 nitrogen and oxygen atoms in total. The number of amides is 2. The van der Waals surface area contributed by atoms with Crippen LogP contribution in [0.4, 0.5) is 4.79 Å². The third kappa shape index (κ3) is 2.50. The number of aliphatic hydroxyl groups is 1. The number of carboxylic acid groups (broad SMARTS) is 1. The maximum atomic E-state index is 12.9. The van der Waals surface area contributed by atoms with Crippen LogP contribution >= 0.6 is 0 Å². The van der Waals surface area contributed by atoms with Crippen LogP contribution in [0, 0.1) is 5.92 Å². The van der Waals surface area contributed by atoms with E-state index in [1.54, 1.807) is 4.90 Å². The molecule has 4 atom stereocenters. The van der Waals surface area contributed by atoms with Gasteiger partial charge in [-0.3, -0.25) is 0 Å². The number of likely N-dealkylation sites (tertiary alicyclic amines) is 1. The molecular formula is C15H24N2O4. The second-order valence-corrected chi connectivity index (χ2v) is 6.80. The summed E-state index contributed by atoms with van der Waals surface area (Å²) >= 11 is 0. The molecule has 0 saturated carbocycles. The first kappa shape index (κ1) is 14.6. The number of urea groups is 1. The first-order valence-electron chi connectivity index (χ1n) is 7.99. The molecule has 0 aromatic heterocycles. The van der Waals surface area contributed by atoms with E-state index in [9.17, 15) is 19.8 Å². The minimum Gasteiger partial charge on any atom is -0.480 e. The molecule has 3 rings (SSSR count). The van der Waals surface area contributed by atoms with Gasteiger partial charge in [-0.15, -0.1) is 0 Å². The van der Waals surface area contributed by atoms with Gasteiger partial charge in [0.15, 0.2) is 0 Å². The van der Waals surface area contributed by atoms with Crippen molar-refractivity contribution in [2.45, 2.75) is 69.7 Å². The van der Waals surface area contributed by atoms with E-state index in [1.165, 1.54) is 0 Å². The van der Waals surface area contributed by atoms with Gasteiger partial charge in [-0.05, 0) is 44.4 Å². The Hall–Kier alpha value is -1.30. The Morgan fingerprint density at radius 3 is 2.29 bits per heavy atom. The van der Waals surface area contributed by atoms with E-state index in [-0.39, 0.29) is 30.1 Å². The van der Waals surface area contributed by atoms with Crippen molar-refractivity contribution >= 4 is 12.0 Å². The van der Waals surface area contributed by atoms with Crippen molar-refractivity contribution in [1.29, 1.82) is 0 Å². The molecule has 2 amide bonds. The molecule has 3 fully saturated rings. The van der Waals surface area contributed by atoms with Crippen molar-refractivity contribution in [3.05, 3.63) is 0 Å². The number of nitrogens with zero attached hydrogens (tertiary/aromatic N) is 2. The highest BCUT2D eigenvalue weighted by Gasteiger charge is 2.47. The summed E-state index contributed by atoms with van der Waals surface area (Å²) in [5.74, 6) is -0.909. The minimum atomic E-state index is -0.903. The first-order valence-corrected chi connectivity index (χ1v) is 7.99. The summed E-state index contributed by atoms with van der Waals surface area (Å²) < 4.78 is 0. The van der Waals surface area contributed by atoms with Crippen molar-refractivity contribution in [2.75, 3.05) is 6.54 Å². The highest BCUT2D eigenvalue weighted by molar-refractivity contribution is 5.83. The number of carbonyl (C=O) groups excluding carboxylic acids is 1. The molecule has 3 heterocycles. The normalized spacial score (nSPS) is 39.4. The molecule has 2 bridgehead atoms. The molecule has 6 heteroatoms. The van der Waals surface area contributed by atoms with Crippen molar-refractivity contribution in [3.8, 4) is 0 Å². The predicted octanol–water partition coefficient (Wildman–Crippen LogP) is 1.28. The van der Waals surface area contributed by atoms with Crippen molar-refractivity contribution in [1.82, 2.24) is 9.80 Å². The lowest BCUT2D eigenvalue weighted by Gasteiger charge is -2.44. The van der Waals surface area contributed by atoms with E-state index in [4.69, 9.17) is 0 Å². The number of hydrogen-bond donors (Lipinski definition) is 2. The molecule has 3 aliphatic heterocycles. The van der Waals surface area contributed by atoms with E-state index in [0.717, 1.165) is 25.7 Å². The summed E-state index contributed by atoms with van der Waals surface area (Å²) in [6, 6.07) is -0.679. The maximum Gasteiger partial charge on any atom is 0.326 e. The second-order valence-electron chi connectivity index (χ2n) is 6.80. The number of piperidine rings is 2. The van der Waals surface area contributed by atoms with Gasteiger partial charge in [-0.25, -0.2) is 9.59 Å². The van der Waals surface area contributed by atoms with E-state index >= 15 is 0 Å². The fraction of sp³-hybridized carbons (Fsp3) is 0.867. The lowest BCUT2D eigenvalue weighted by molar-refractivity contribution is -0.145. The molecule has 0 aromatic carbocycles. The molecule has 3 saturated heterocycles. The Morgan fingerprint density at radius 2 is 1.71 bits per heavy atom. The number of rotatable bonds is 1. The van der Waals surface area contributed by atoms with E-state index in [1.807, 2.05) is 11.8 Å². The Morgan fingerprint density at radius 1 is 1.10 bits per heavy atom. The zero-order valence-electron chi connectivity index (χ0n) is 12.4. The fourth-order valence-electron chi connectivity index (χ4n) is 4.39. The van der Waals surface area contributed by atoms with Gasteiger partial charge >= 0.3 is 12.0 Å². The van der Waals surface area contributed by atoms with Crippen molar-refractivity contribution in [2.24, 2.45) is 5.92 Å². The van der Waals surface area contributed by atoms with Crippen LogP contribution in [0.15, 0.2) is 0 Å². The van der Waals surface area contributed by atoms with Gasteiger partial charge in [0.25, 0.3) is 0 Å². The number of fused-ring (bicyclic) bond motifs is 2. The average Bonchev–Trinajstić information content (AvgIpc) is 2.69. The highest BCUT2D eigenvalue weighted by Crippen LogP contribution is 2.37. The number of aliphatic hydroxyl groups excluding tert-OH is 1. The zero-order chi connectivity index (χ0) is 15.1. The Labute approximate surface area is 124 Å². The Bertz CT molecular complexity index is 427. The smallest absolute Gasteiger partial charge is 0.326 e. The molecule has 0 spiro atoms. The van der Waals surface area contributed by atoms with Crippen LogP contribution in [0.1, 0.15) is 45.4 Å². The summed E-state index contributed by atoms with van der Waals surface area (Å²) in [7, 11) is 0. The molecule has 2 N–H and O–H groups in total. The van der Waals surface area contributed by atoms with Crippen LogP contribution in [0.5, 0.6) is 0 Å². The topological polar surface area (TPSA) is 81.1 Å². The van der Waals surface area contributed by atoms with Gasteiger partial charge in [0.05, 0.1) is 6.10 Å². The SMILES string of the molecule is CC1CCCN(C(=O)N2C3CCC2CC(O)C3)C1C(=O)O. The molecule has 3 aliphatic rings. The molecule has 0 aliphatic carbocycles. The third-order valence-electron chi connectivity index (χ3n) is 5.36. The Kier molecular flexibility index (Phi) is 3.82. The van der Waals surface area contributed by atoms with E-state index < -0.39 is 12.0 Å². The molecule has 21 heavy (non-hydrogen) atoms. The van der Waals surface area contributed by atoms with Gasteiger partial charge in [0.1, 0.15) is 6.04 Å². The lowest BCUT2D eigenvalue weighted by atomic mass is 9.90. The van der Waals surface area contributed by atoms with E-state index in [0.29, 0.717) is 19.4 Å². The number of carboxylic acids is 1. The molecule has 0 radical (unpaired) electrons. The van der Waals surface area contributed by atoms with Crippen LogP contribution in [0.25, 0.3) is 0 Å². The second kappa shape index (κ2) is 5.48. The number of aliphatic carboxylic acids is 1. The van der Waals surface area contributed by atoms with Crippen LogP contribution in [-0.2, 0) is 4.79 Å². The summed E-state index contributed by atoms with van der Waals surface area (Å²) in [5, 5.41) is 19.3. The zero-order valence-corrected chi connectivity index (χ0v) is 12.4. The van der Waals surface area contributed by atoms with Gasteiger partial charge < -0.3 is 20.0 Å². The molecule has 0 aromatic rings. The van der Waals surface area contributed by atoms with Gasteiger partial charge in [0, 0.05) is 18.6 Å². The maximum absolute atomic E-state index is 12.9. The van der Waals surface area contributed by atoms with Crippen LogP contribution < -0.4 is 0 Å². The van der Waals surface area contributed by atoms with Crippen molar-refractivity contribution < 1.29 is 19.8 Å². The largest absolute Gasteiger partial charge is 0.480 e. The summed E-state index contributed by atoms with van der Waals surface area (Å²) in [6.07, 6.45) is 4.51. The van der Waals surface area contributed by atoms with Crippen LogP contribution in [0.3, 0.4) is 0 Å². The van der Waals surface area contributed by atoms with E-state index in [2.05, 4.69) is 0 Å². The van der Waals surface area contributed by atoms with Gasteiger partial charge in [-0.2, -0.15) is 0 Å². The van der Waals surface area contributed by atoms with Crippen LogP contribution in [-0.4, -0.2) is 62.8 Å². The quantitative estimate of drug-likeness (QED) is 0.764. The molecule has 118 valence electrons. The first-order chi connectivity index (χ1) is 9.99. The summed E-state index contributed by atoms with van der Waals surface area (Å²) in [4.78, 5) is 27.8. The molecule has 4 unspecified atom stereocenters. The summed E-state index contributed by atoms with van der Waals surface area (Å²) in [5.41, 5.74) is 0. The monoisotopic (exact) mass is 296 g/mol. The molecular weight excluding hydrogens is 272 g/mol. The van der Waals surface area contributed by atoms with Gasteiger partial charge in [0.2, 0.25) is 0 Å². The fourth-order valence-corrected chi connectivity index (χ4v) is 4.39. The average molecular weight is 296 g/mol. The van der Waals surface area contributed by atoms with Crippen molar-refractivity contribution in [3.63, 3.8) is 0 Å². The lowest BCUT2D eigenvalue weighted by Crippen LogP contribution is -2.59. The number of hydrogen-bond acceptors (Lipinski definition) is 3. The standard InChI is InChI=1S/C15H24N2O4/c1-9-3-2-6-16(13(9)14(19)20)15(21)17-10-4-5-11(17)8-12(18)7-10/h9-13,18H,2-8H2,1H3,(H,19,20). The van der Waals surface area contributed by atoms with Crippen LogP contribution in [0.2, 0.25) is 0 Å².